The van der Waals surface area contributed by atoms with Gasteiger partial charge in [-0.1, -0.05) is 0 Å². The van der Waals surface area contributed by atoms with Gasteiger partial charge in [-0.05, 0) is 31.0 Å². The molecular weight excluding hydrogens is 328 g/mol. The van der Waals surface area contributed by atoms with E-state index in [0.29, 0.717) is 13.0 Å². The number of nitrogens with two attached hydrogens (primary N) is 1. The lowest BCUT2D eigenvalue weighted by atomic mass is 10.0. The van der Waals surface area contributed by atoms with Crippen LogP contribution in [0.5, 0.6) is 0 Å². The van der Waals surface area contributed by atoms with Gasteiger partial charge in [-0.15, -0.1) is 0 Å². The quantitative estimate of drug-likeness (QED) is 0.397. The molecule has 1 heterocycles. The third-order valence-electron chi connectivity index (χ3n) is 3.99. The van der Waals surface area contributed by atoms with Gasteiger partial charge >= 0.3 is 5.97 Å². The minimum atomic E-state index is -1.22. The Morgan fingerprint density at radius 2 is 2.12 bits per heavy atom. The van der Waals surface area contributed by atoms with Gasteiger partial charge in [0.2, 0.25) is 5.91 Å². The molecular formula is C16H18N4O5. The van der Waals surface area contributed by atoms with E-state index in [9.17, 15) is 19.2 Å². The van der Waals surface area contributed by atoms with Gasteiger partial charge in [-0.25, -0.2) is 4.79 Å². The standard InChI is InChI=1S/C16H18N4O5/c17-14(15(18)23)11-6-9(16(24)25)3-4-12(11)19-7-13(22)20-5-1-2-10(20)8-21/h3-4,6,8,10,17,19H,1-2,5,7H2,(H2,18,23)(H,24,25). The summed E-state index contributed by atoms with van der Waals surface area (Å²) in [4.78, 5) is 47.0. The fourth-order valence-electron chi connectivity index (χ4n) is 2.69. The summed E-state index contributed by atoms with van der Waals surface area (Å²) < 4.78 is 0. The highest BCUT2D eigenvalue weighted by atomic mass is 16.4. The summed E-state index contributed by atoms with van der Waals surface area (Å²) in [6.07, 6.45) is 2.11. The first-order valence-electron chi connectivity index (χ1n) is 7.60. The number of nitrogens with zero attached hydrogens (tertiary/aromatic N) is 1. The molecule has 0 spiro atoms. The second kappa shape index (κ2) is 7.56. The normalized spacial score (nSPS) is 16.3. The number of hydrogen-bond donors (Lipinski definition) is 4. The van der Waals surface area contributed by atoms with E-state index in [1.807, 2.05) is 0 Å². The van der Waals surface area contributed by atoms with E-state index in [-0.39, 0.29) is 29.3 Å². The summed E-state index contributed by atoms with van der Waals surface area (Å²) in [6, 6.07) is 3.36. The average molecular weight is 346 g/mol. The maximum absolute atomic E-state index is 12.2. The lowest BCUT2D eigenvalue weighted by Gasteiger charge is -2.21. The largest absolute Gasteiger partial charge is 0.478 e. The first-order chi connectivity index (χ1) is 11.8. The van der Waals surface area contributed by atoms with Gasteiger partial charge in [0.25, 0.3) is 5.91 Å². The van der Waals surface area contributed by atoms with E-state index < -0.39 is 23.6 Å². The van der Waals surface area contributed by atoms with Crippen molar-refractivity contribution in [3.63, 3.8) is 0 Å². The maximum Gasteiger partial charge on any atom is 0.335 e. The molecule has 0 aromatic heterocycles. The molecule has 2 amide bonds. The second-order valence-corrected chi connectivity index (χ2v) is 5.59. The number of likely N-dealkylation sites (tertiary alicyclic amines) is 1. The number of carbonyl (C=O) groups is 4. The average Bonchev–Trinajstić information content (AvgIpc) is 3.07. The predicted molar refractivity (Wildman–Crippen MR) is 88.7 cm³/mol. The van der Waals surface area contributed by atoms with Crippen molar-refractivity contribution >= 4 is 35.5 Å². The summed E-state index contributed by atoms with van der Waals surface area (Å²) in [6.45, 7) is 0.335. The van der Waals surface area contributed by atoms with Gasteiger partial charge in [0, 0.05) is 17.8 Å². The Bertz CT molecular complexity index is 746. The van der Waals surface area contributed by atoms with Gasteiger partial charge in [-0.3, -0.25) is 15.0 Å². The number of primary amides is 1. The number of rotatable bonds is 7. The van der Waals surface area contributed by atoms with Crippen molar-refractivity contribution < 1.29 is 24.3 Å². The number of aldehydes is 1. The van der Waals surface area contributed by atoms with Gasteiger partial charge in [0.1, 0.15) is 12.0 Å². The van der Waals surface area contributed by atoms with Crippen LogP contribution in [0.2, 0.25) is 0 Å². The van der Waals surface area contributed by atoms with Crippen molar-refractivity contribution in [1.82, 2.24) is 4.90 Å². The van der Waals surface area contributed by atoms with Crippen molar-refractivity contribution in [3.8, 4) is 0 Å². The van der Waals surface area contributed by atoms with E-state index in [1.165, 1.54) is 17.0 Å². The van der Waals surface area contributed by atoms with Crippen LogP contribution in [0.4, 0.5) is 5.69 Å². The number of nitrogens with one attached hydrogen (secondary N) is 2. The van der Waals surface area contributed by atoms with Crippen LogP contribution in [0, 0.1) is 5.41 Å². The molecule has 2 rings (SSSR count). The highest BCUT2D eigenvalue weighted by molar-refractivity contribution is 6.44. The Balaban J connectivity index is 2.19. The molecule has 9 nitrogen and oxygen atoms in total. The molecule has 1 aliphatic rings. The van der Waals surface area contributed by atoms with Crippen LogP contribution >= 0.6 is 0 Å². The minimum absolute atomic E-state index is 0.00596. The lowest BCUT2D eigenvalue weighted by Crippen LogP contribution is -2.40. The molecule has 1 unspecified atom stereocenters. The molecule has 1 saturated heterocycles. The Morgan fingerprint density at radius 1 is 1.40 bits per heavy atom. The molecule has 25 heavy (non-hydrogen) atoms. The van der Waals surface area contributed by atoms with E-state index in [1.54, 1.807) is 0 Å². The van der Waals surface area contributed by atoms with Crippen LogP contribution in [-0.2, 0) is 14.4 Å². The molecule has 1 aliphatic heterocycles. The first kappa shape index (κ1) is 18.1. The Kier molecular flexibility index (Phi) is 5.48. The molecule has 0 aliphatic carbocycles. The number of amides is 2. The topological polar surface area (TPSA) is 154 Å². The molecule has 9 heteroatoms. The summed E-state index contributed by atoms with van der Waals surface area (Å²) >= 11 is 0. The van der Waals surface area contributed by atoms with E-state index in [0.717, 1.165) is 18.8 Å². The first-order valence-corrected chi connectivity index (χ1v) is 7.60. The second-order valence-electron chi connectivity index (χ2n) is 5.59. The van der Waals surface area contributed by atoms with Crippen molar-refractivity contribution in [2.75, 3.05) is 18.4 Å². The third-order valence-corrected chi connectivity index (χ3v) is 3.99. The van der Waals surface area contributed by atoms with E-state index in [2.05, 4.69) is 5.32 Å². The smallest absolute Gasteiger partial charge is 0.335 e. The molecule has 1 atom stereocenters. The minimum Gasteiger partial charge on any atom is -0.478 e. The van der Waals surface area contributed by atoms with Gasteiger partial charge in [0.05, 0.1) is 18.2 Å². The van der Waals surface area contributed by atoms with Gasteiger partial charge < -0.3 is 25.9 Å². The van der Waals surface area contributed by atoms with Crippen LogP contribution in [0.1, 0.15) is 28.8 Å². The SMILES string of the molecule is N=C(C(N)=O)c1cc(C(=O)O)ccc1NCC(=O)N1CCCC1C=O. The molecule has 132 valence electrons. The fraction of sp³-hybridized carbons (Fsp3) is 0.312. The van der Waals surface area contributed by atoms with Crippen LogP contribution in [-0.4, -0.2) is 58.9 Å². The van der Waals surface area contributed by atoms with Crippen LogP contribution in [0.3, 0.4) is 0 Å². The molecule has 0 radical (unpaired) electrons. The number of hydrogen-bond acceptors (Lipinski definition) is 6. The number of anilines is 1. The molecule has 1 aromatic rings. The summed E-state index contributed by atoms with van der Waals surface area (Å²) in [7, 11) is 0. The predicted octanol–water partition coefficient (Wildman–Crippen LogP) is -0.160. The fourth-order valence-corrected chi connectivity index (χ4v) is 2.69. The molecule has 1 fully saturated rings. The number of carboxylic acids is 1. The number of carboxylic acid groups (broad SMARTS) is 1. The third kappa shape index (κ3) is 4.00. The van der Waals surface area contributed by atoms with E-state index >= 15 is 0 Å². The number of aromatic carboxylic acids is 1. The molecule has 1 aromatic carbocycles. The Labute approximate surface area is 143 Å². The maximum atomic E-state index is 12.2. The number of carbonyl (C=O) groups excluding carboxylic acids is 3. The van der Waals surface area contributed by atoms with Crippen molar-refractivity contribution in [1.29, 1.82) is 5.41 Å². The number of benzene rings is 1. The highest BCUT2D eigenvalue weighted by Crippen LogP contribution is 2.20. The summed E-state index contributed by atoms with van der Waals surface area (Å²) in [5, 5.41) is 19.6. The van der Waals surface area contributed by atoms with Gasteiger partial charge in [-0.2, -0.15) is 0 Å². The van der Waals surface area contributed by atoms with Gasteiger partial charge in [0.15, 0.2) is 0 Å². The highest BCUT2D eigenvalue weighted by Gasteiger charge is 2.28. The zero-order valence-electron chi connectivity index (χ0n) is 13.3. The summed E-state index contributed by atoms with van der Waals surface area (Å²) in [5.74, 6) is -2.53. The Hall–Kier alpha value is -3.23. The molecule has 0 bridgehead atoms. The zero-order chi connectivity index (χ0) is 18.6. The lowest BCUT2D eigenvalue weighted by molar-refractivity contribution is -0.132. The summed E-state index contributed by atoms with van der Waals surface area (Å²) in [5.41, 5.74) is 4.66. The Morgan fingerprint density at radius 3 is 2.72 bits per heavy atom. The van der Waals surface area contributed by atoms with Crippen molar-refractivity contribution in [2.45, 2.75) is 18.9 Å². The van der Waals surface area contributed by atoms with Crippen LogP contribution in [0.25, 0.3) is 0 Å². The molecule has 0 saturated carbocycles. The monoisotopic (exact) mass is 346 g/mol. The van der Waals surface area contributed by atoms with Crippen molar-refractivity contribution in [3.05, 3.63) is 29.3 Å². The van der Waals surface area contributed by atoms with Crippen LogP contribution < -0.4 is 11.1 Å². The van der Waals surface area contributed by atoms with E-state index in [4.69, 9.17) is 16.2 Å². The molecule has 5 N–H and O–H groups in total. The van der Waals surface area contributed by atoms with Crippen LogP contribution in [0.15, 0.2) is 18.2 Å². The van der Waals surface area contributed by atoms with Crippen molar-refractivity contribution in [2.24, 2.45) is 5.73 Å². The zero-order valence-corrected chi connectivity index (χ0v) is 13.3.